The Morgan fingerprint density at radius 3 is 2.66 bits per heavy atom. The minimum Gasteiger partial charge on any atom is -0.462 e. The molecule has 0 spiro atoms. The summed E-state index contributed by atoms with van der Waals surface area (Å²) in [5.41, 5.74) is 0.839. The summed E-state index contributed by atoms with van der Waals surface area (Å²) in [6.07, 6.45) is 6.08. The van der Waals surface area contributed by atoms with E-state index in [0.717, 1.165) is 50.7 Å². The number of aromatic nitrogens is 3. The molecule has 2 aromatic heterocycles. The zero-order chi connectivity index (χ0) is 25.8. The van der Waals surface area contributed by atoms with Gasteiger partial charge >= 0.3 is 6.01 Å². The number of pyridine rings is 1. The summed E-state index contributed by atoms with van der Waals surface area (Å²) in [6, 6.07) is 11.2. The first-order valence-electron chi connectivity index (χ1n) is 13.4. The maximum atomic E-state index is 16.3. The number of piperazine rings is 1. The van der Waals surface area contributed by atoms with Gasteiger partial charge in [-0.05, 0) is 62.2 Å². The molecule has 0 unspecified atom stereocenters. The Balaban J connectivity index is 1.35. The normalized spacial score (nSPS) is 23.6. The minimum absolute atomic E-state index is 0.139. The zero-order valence-electron chi connectivity index (χ0n) is 21.3. The number of likely N-dealkylation sites (tertiary alicyclic amines) is 1. The summed E-state index contributed by atoms with van der Waals surface area (Å²) in [6.45, 7) is 3.08. The number of rotatable bonds is 5. The largest absolute Gasteiger partial charge is 0.462 e. The second-order valence-corrected chi connectivity index (χ2v) is 10.8. The van der Waals surface area contributed by atoms with E-state index in [1.54, 1.807) is 18.3 Å². The molecule has 3 saturated heterocycles. The molecular formula is C29H30F2N6O. The summed E-state index contributed by atoms with van der Waals surface area (Å²) >= 11 is 0. The predicted octanol–water partition coefficient (Wildman–Crippen LogP) is 4.54. The van der Waals surface area contributed by atoms with Crippen LogP contribution in [0.3, 0.4) is 0 Å². The third kappa shape index (κ3) is 4.14. The Kier molecular flexibility index (Phi) is 5.85. The summed E-state index contributed by atoms with van der Waals surface area (Å²) < 4.78 is 36.6. The number of nitrogens with zero attached hydrogens (tertiary/aromatic N) is 5. The molecule has 3 fully saturated rings. The Morgan fingerprint density at radius 2 is 1.87 bits per heavy atom. The fourth-order valence-corrected chi connectivity index (χ4v) is 6.30. The zero-order valence-corrected chi connectivity index (χ0v) is 21.3. The van der Waals surface area contributed by atoms with E-state index in [4.69, 9.17) is 9.72 Å². The van der Waals surface area contributed by atoms with Gasteiger partial charge in [0.25, 0.3) is 0 Å². The molecule has 4 aromatic rings. The molecule has 38 heavy (non-hydrogen) atoms. The Bertz CT molecular complexity index is 1520. The predicted molar refractivity (Wildman–Crippen MR) is 143 cm³/mol. The van der Waals surface area contributed by atoms with Crippen LogP contribution in [0.15, 0.2) is 42.6 Å². The fourth-order valence-electron chi connectivity index (χ4n) is 6.30. The van der Waals surface area contributed by atoms with E-state index < -0.39 is 5.82 Å². The molecule has 0 amide bonds. The first-order valence-corrected chi connectivity index (χ1v) is 13.4. The van der Waals surface area contributed by atoms with Crippen LogP contribution in [0.2, 0.25) is 0 Å². The maximum absolute atomic E-state index is 16.3. The average Bonchev–Trinajstić information content (AvgIpc) is 3.50. The highest BCUT2D eigenvalue weighted by atomic mass is 19.1. The number of halogens is 2. The lowest BCUT2D eigenvalue weighted by Gasteiger charge is -2.34. The van der Waals surface area contributed by atoms with Gasteiger partial charge in [-0.25, -0.2) is 8.78 Å². The number of fused-ring (bicyclic) bond motifs is 4. The van der Waals surface area contributed by atoms with Crippen molar-refractivity contribution in [3.05, 3.63) is 54.2 Å². The second-order valence-electron chi connectivity index (χ2n) is 10.8. The van der Waals surface area contributed by atoms with Crippen LogP contribution in [0, 0.1) is 11.6 Å². The molecule has 3 aliphatic heterocycles. The van der Waals surface area contributed by atoms with Crippen molar-refractivity contribution in [3.8, 4) is 17.3 Å². The minimum atomic E-state index is -0.552. The van der Waals surface area contributed by atoms with Gasteiger partial charge in [0.05, 0.1) is 5.39 Å². The van der Waals surface area contributed by atoms with Gasteiger partial charge in [0.1, 0.15) is 29.5 Å². The molecule has 3 atom stereocenters. The number of anilines is 1. The quantitative estimate of drug-likeness (QED) is 0.418. The van der Waals surface area contributed by atoms with Gasteiger partial charge in [-0.1, -0.05) is 24.3 Å². The summed E-state index contributed by atoms with van der Waals surface area (Å²) in [7, 11) is 2.09. The number of benzene rings is 2. The summed E-state index contributed by atoms with van der Waals surface area (Å²) in [5, 5.41) is 5.62. The van der Waals surface area contributed by atoms with E-state index in [9.17, 15) is 4.39 Å². The molecule has 0 radical (unpaired) electrons. The molecule has 0 aliphatic carbocycles. The van der Waals surface area contributed by atoms with Crippen molar-refractivity contribution >= 4 is 27.5 Å². The van der Waals surface area contributed by atoms with E-state index >= 15 is 4.39 Å². The standard InChI is InChI=1S/C29H30F2N6O/c1-36-11-3-5-21(36)16-38-29-34-27-24(28(35-29)37-14-19-9-10-20(15-37)33-19)13-32-26(25(27)31)22-6-2-4-17-7-8-18(30)12-23(17)22/h2,4,6-8,12-13,19-21,33H,3,5,9-11,14-16H2,1H3/t19-,20+,21-/m0/s1. The van der Waals surface area contributed by atoms with Gasteiger partial charge in [0.2, 0.25) is 0 Å². The summed E-state index contributed by atoms with van der Waals surface area (Å²) in [5.74, 6) is -0.273. The molecule has 9 heteroatoms. The lowest BCUT2D eigenvalue weighted by atomic mass is 10.0. The highest BCUT2D eigenvalue weighted by molar-refractivity contribution is 5.99. The van der Waals surface area contributed by atoms with Crippen LogP contribution < -0.4 is 15.0 Å². The third-order valence-electron chi connectivity index (χ3n) is 8.34. The number of ether oxygens (including phenoxy) is 1. The number of likely N-dealkylation sites (N-methyl/N-ethyl adjacent to an activating group) is 1. The molecule has 5 heterocycles. The topological polar surface area (TPSA) is 66.4 Å². The van der Waals surface area contributed by atoms with Crippen molar-refractivity contribution in [1.82, 2.24) is 25.2 Å². The van der Waals surface area contributed by atoms with E-state index in [1.165, 1.54) is 12.1 Å². The SMILES string of the molecule is CN1CCC[C@H]1COc1nc(N2C[C@H]3CC[C@@H](C2)N3)c2cnc(-c3cccc4ccc(F)cc34)c(F)c2n1. The van der Waals surface area contributed by atoms with Gasteiger partial charge < -0.3 is 19.9 Å². The molecule has 196 valence electrons. The molecule has 2 bridgehead atoms. The fraction of sp³-hybridized carbons (Fsp3) is 0.414. The van der Waals surface area contributed by atoms with Crippen molar-refractivity contribution in [2.75, 3.05) is 38.2 Å². The molecule has 7 rings (SSSR count). The van der Waals surface area contributed by atoms with Crippen LogP contribution >= 0.6 is 0 Å². The van der Waals surface area contributed by atoms with Gasteiger partial charge in [-0.2, -0.15) is 9.97 Å². The Labute approximate surface area is 219 Å². The highest BCUT2D eigenvalue weighted by Crippen LogP contribution is 2.36. The monoisotopic (exact) mass is 516 g/mol. The van der Waals surface area contributed by atoms with E-state index in [0.29, 0.717) is 40.8 Å². The van der Waals surface area contributed by atoms with Gasteiger partial charge in [-0.15, -0.1) is 0 Å². The van der Waals surface area contributed by atoms with Crippen molar-refractivity contribution < 1.29 is 13.5 Å². The number of hydrogen-bond acceptors (Lipinski definition) is 7. The van der Waals surface area contributed by atoms with Crippen molar-refractivity contribution in [1.29, 1.82) is 0 Å². The second kappa shape index (κ2) is 9.39. The first kappa shape index (κ1) is 23.7. The Morgan fingerprint density at radius 1 is 1.03 bits per heavy atom. The lowest BCUT2D eigenvalue weighted by molar-refractivity contribution is 0.188. The third-order valence-corrected chi connectivity index (χ3v) is 8.34. The maximum Gasteiger partial charge on any atom is 0.319 e. The van der Waals surface area contributed by atoms with Crippen LogP contribution in [-0.2, 0) is 0 Å². The molecule has 2 aromatic carbocycles. The van der Waals surface area contributed by atoms with Crippen LogP contribution in [0.1, 0.15) is 25.7 Å². The number of hydrogen-bond donors (Lipinski definition) is 1. The molecule has 0 saturated carbocycles. The lowest BCUT2D eigenvalue weighted by Crippen LogP contribution is -2.51. The van der Waals surface area contributed by atoms with Crippen molar-refractivity contribution in [2.24, 2.45) is 0 Å². The Hall–Kier alpha value is -3.43. The van der Waals surface area contributed by atoms with Crippen LogP contribution in [-0.4, -0.2) is 71.3 Å². The molecule has 3 aliphatic rings. The highest BCUT2D eigenvalue weighted by Gasteiger charge is 2.34. The van der Waals surface area contributed by atoms with E-state index in [-0.39, 0.29) is 29.1 Å². The number of nitrogens with one attached hydrogen (secondary N) is 1. The van der Waals surface area contributed by atoms with Crippen LogP contribution in [0.25, 0.3) is 32.9 Å². The van der Waals surface area contributed by atoms with Crippen molar-refractivity contribution in [2.45, 2.75) is 43.8 Å². The average molecular weight is 517 g/mol. The molecule has 7 nitrogen and oxygen atoms in total. The molecule has 1 N–H and O–H groups in total. The van der Waals surface area contributed by atoms with Gasteiger partial charge in [0, 0.05) is 43.0 Å². The smallest absolute Gasteiger partial charge is 0.319 e. The molecular weight excluding hydrogens is 486 g/mol. The van der Waals surface area contributed by atoms with Crippen LogP contribution in [0.5, 0.6) is 6.01 Å². The van der Waals surface area contributed by atoms with Gasteiger partial charge in [0.15, 0.2) is 5.82 Å². The van der Waals surface area contributed by atoms with E-state index in [1.807, 2.05) is 12.1 Å². The van der Waals surface area contributed by atoms with Crippen molar-refractivity contribution in [3.63, 3.8) is 0 Å². The first-order chi connectivity index (χ1) is 18.5. The summed E-state index contributed by atoms with van der Waals surface area (Å²) in [4.78, 5) is 18.4. The van der Waals surface area contributed by atoms with Crippen LogP contribution in [0.4, 0.5) is 14.6 Å². The van der Waals surface area contributed by atoms with Gasteiger partial charge in [-0.3, -0.25) is 4.98 Å². The van der Waals surface area contributed by atoms with E-state index in [2.05, 4.69) is 32.1 Å².